The first kappa shape index (κ1) is 11.2. The minimum atomic E-state index is -0.255. The van der Waals surface area contributed by atoms with Crippen LogP contribution in [0.4, 0.5) is 6.01 Å². The molecule has 1 atom stereocenters. The van der Waals surface area contributed by atoms with Gasteiger partial charge in [0.1, 0.15) is 0 Å². The lowest BCUT2D eigenvalue weighted by molar-refractivity contribution is -0.116. The van der Waals surface area contributed by atoms with E-state index in [4.69, 9.17) is 4.52 Å². The smallest absolute Gasteiger partial charge is 0.315 e. The van der Waals surface area contributed by atoms with E-state index >= 15 is 0 Å². The molecule has 5 nitrogen and oxygen atoms in total. The number of carbonyl (C=O) groups excluding carboxylic acids is 1. The quantitative estimate of drug-likeness (QED) is 0.842. The van der Waals surface area contributed by atoms with E-state index in [-0.39, 0.29) is 22.7 Å². The number of nitrogens with zero attached hydrogens (tertiary/aromatic N) is 2. The van der Waals surface area contributed by atoms with Crippen LogP contribution in [0.1, 0.15) is 19.7 Å². The molecule has 0 radical (unpaired) electrons. The Kier molecular flexibility index (Phi) is 3.62. The topological polar surface area (TPSA) is 68.0 Å². The molecule has 1 aromatic heterocycles. The van der Waals surface area contributed by atoms with Crippen LogP contribution in [-0.4, -0.2) is 20.9 Å². The number of carbonyl (C=O) groups is 1. The molecule has 0 aliphatic rings. The molecule has 14 heavy (non-hydrogen) atoms. The van der Waals surface area contributed by atoms with Crippen LogP contribution < -0.4 is 5.32 Å². The summed E-state index contributed by atoms with van der Waals surface area (Å²) in [5.74, 6) is 0.527. The second-order valence-corrected chi connectivity index (χ2v) is 4.27. The zero-order valence-corrected chi connectivity index (χ0v) is 9.83. The molecule has 0 saturated heterocycles. The molecule has 1 N–H and O–H groups in total. The van der Waals surface area contributed by atoms with Gasteiger partial charge in [-0.25, -0.2) is 0 Å². The van der Waals surface area contributed by atoms with Crippen LogP contribution in [-0.2, 0) is 4.79 Å². The lowest BCUT2D eigenvalue weighted by atomic mass is 10.1. The number of aromatic nitrogens is 2. The standard InChI is InChI=1S/C8H12BrN3O2/c1-4(2)6(9)7(13)11-8-10-5(3)12-14-8/h4,6H,1-3H3,(H,10,11,12,13). The Morgan fingerprint density at radius 2 is 2.21 bits per heavy atom. The molecule has 0 aliphatic carbocycles. The molecule has 0 spiro atoms. The molecule has 0 aliphatic heterocycles. The maximum absolute atomic E-state index is 11.5. The van der Waals surface area contributed by atoms with Gasteiger partial charge in [-0.2, -0.15) is 4.98 Å². The van der Waals surface area contributed by atoms with Crippen LogP contribution in [0.15, 0.2) is 4.52 Å². The van der Waals surface area contributed by atoms with E-state index in [1.54, 1.807) is 6.92 Å². The molecule has 1 aromatic rings. The number of anilines is 1. The highest BCUT2D eigenvalue weighted by molar-refractivity contribution is 9.10. The Bertz CT molecular complexity index is 324. The summed E-state index contributed by atoms with van der Waals surface area (Å²) in [6.45, 7) is 5.57. The predicted molar refractivity (Wildman–Crippen MR) is 55.2 cm³/mol. The Balaban J connectivity index is 2.57. The van der Waals surface area contributed by atoms with Crippen molar-refractivity contribution in [3.05, 3.63) is 5.82 Å². The fourth-order valence-corrected chi connectivity index (χ4v) is 0.939. The molecule has 78 valence electrons. The van der Waals surface area contributed by atoms with Gasteiger partial charge >= 0.3 is 6.01 Å². The third-order valence-corrected chi connectivity index (χ3v) is 3.07. The van der Waals surface area contributed by atoms with Gasteiger partial charge in [-0.05, 0) is 12.8 Å². The first-order chi connectivity index (χ1) is 6.50. The van der Waals surface area contributed by atoms with Crippen molar-refractivity contribution in [2.24, 2.45) is 5.92 Å². The molecule has 6 heteroatoms. The molecular formula is C8H12BrN3O2. The molecule has 1 unspecified atom stereocenters. The summed E-state index contributed by atoms with van der Waals surface area (Å²) >= 11 is 3.27. The first-order valence-corrected chi connectivity index (χ1v) is 5.17. The molecule has 1 rings (SSSR count). The van der Waals surface area contributed by atoms with E-state index in [9.17, 15) is 4.79 Å². The van der Waals surface area contributed by atoms with Crippen LogP contribution in [0.5, 0.6) is 0 Å². The average Bonchev–Trinajstić information content (AvgIpc) is 2.49. The van der Waals surface area contributed by atoms with Gasteiger partial charge in [0.25, 0.3) is 0 Å². The molecule has 1 heterocycles. The number of hydrogen-bond donors (Lipinski definition) is 1. The third-order valence-electron chi connectivity index (χ3n) is 1.59. The van der Waals surface area contributed by atoms with Gasteiger partial charge in [0.15, 0.2) is 5.82 Å². The van der Waals surface area contributed by atoms with Gasteiger partial charge in [-0.15, -0.1) is 0 Å². The van der Waals surface area contributed by atoms with E-state index in [1.807, 2.05) is 13.8 Å². The minimum Gasteiger partial charge on any atom is -0.315 e. The molecular weight excluding hydrogens is 250 g/mol. The Hall–Kier alpha value is -0.910. The number of halogens is 1. The van der Waals surface area contributed by atoms with Crippen molar-refractivity contribution in [3.63, 3.8) is 0 Å². The number of aryl methyl sites for hydroxylation is 1. The van der Waals surface area contributed by atoms with Gasteiger partial charge in [0.05, 0.1) is 4.83 Å². The third kappa shape index (κ3) is 2.80. The second kappa shape index (κ2) is 4.54. The van der Waals surface area contributed by atoms with Gasteiger partial charge in [-0.3, -0.25) is 10.1 Å². The fraction of sp³-hybridized carbons (Fsp3) is 0.625. The average molecular weight is 262 g/mol. The van der Waals surface area contributed by atoms with Crippen LogP contribution >= 0.6 is 15.9 Å². The van der Waals surface area contributed by atoms with Crippen molar-refractivity contribution in [2.45, 2.75) is 25.6 Å². The highest BCUT2D eigenvalue weighted by Crippen LogP contribution is 2.14. The summed E-state index contributed by atoms with van der Waals surface area (Å²) in [6, 6.07) is 0.137. The van der Waals surface area contributed by atoms with E-state index in [0.29, 0.717) is 5.82 Å². The largest absolute Gasteiger partial charge is 0.328 e. The van der Waals surface area contributed by atoms with Crippen LogP contribution in [0, 0.1) is 12.8 Å². The maximum Gasteiger partial charge on any atom is 0.328 e. The number of amides is 1. The van der Waals surface area contributed by atoms with E-state index < -0.39 is 0 Å². The normalized spacial score (nSPS) is 12.9. The Morgan fingerprint density at radius 3 is 2.64 bits per heavy atom. The van der Waals surface area contributed by atoms with Crippen molar-refractivity contribution in [1.29, 1.82) is 0 Å². The zero-order chi connectivity index (χ0) is 10.7. The van der Waals surface area contributed by atoms with Crippen molar-refractivity contribution >= 4 is 27.9 Å². The second-order valence-electron chi connectivity index (χ2n) is 3.28. The number of alkyl halides is 1. The van der Waals surface area contributed by atoms with Crippen molar-refractivity contribution < 1.29 is 9.32 Å². The lowest BCUT2D eigenvalue weighted by Crippen LogP contribution is -2.27. The van der Waals surface area contributed by atoms with Gasteiger partial charge < -0.3 is 4.52 Å². The summed E-state index contributed by atoms with van der Waals surface area (Å²) < 4.78 is 4.75. The zero-order valence-electron chi connectivity index (χ0n) is 8.24. The Morgan fingerprint density at radius 1 is 1.57 bits per heavy atom. The van der Waals surface area contributed by atoms with E-state index in [0.717, 1.165) is 0 Å². The minimum absolute atomic E-state index is 0.137. The van der Waals surface area contributed by atoms with E-state index in [1.165, 1.54) is 0 Å². The van der Waals surface area contributed by atoms with Crippen molar-refractivity contribution in [1.82, 2.24) is 10.1 Å². The van der Waals surface area contributed by atoms with Gasteiger partial charge in [0, 0.05) is 0 Å². The molecule has 1 amide bonds. The van der Waals surface area contributed by atoms with Gasteiger partial charge in [-0.1, -0.05) is 34.9 Å². The van der Waals surface area contributed by atoms with Crippen LogP contribution in [0.2, 0.25) is 0 Å². The fourth-order valence-electron chi connectivity index (χ4n) is 0.825. The predicted octanol–water partition coefficient (Wildman–Crippen LogP) is 1.74. The summed E-state index contributed by atoms with van der Waals surface area (Å²) in [7, 11) is 0. The summed E-state index contributed by atoms with van der Waals surface area (Å²) in [6.07, 6.45) is 0. The number of rotatable bonds is 3. The summed E-state index contributed by atoms with van der Waals surface area (Å²) in [4.78, 5) is 15.1. The van der Waals surface area contributed by atoms with E-state index in [2.05, 4.69) is 31.4 Å². The summed E-state index contributed by atoms with van der Waals surface area (Å²) in [5.41, 5.74) is 0. The highest BCUT2D eigenvalue weighted by Gasteiger charge is 2.20. The first-order valence-electron chi connectivity index (χ1n) is 4.26. The van der Waals surface area contributed by atoms with Crippen LogP contribution in [0.3, 0.4) is 0 Å². The molecule has 0 saturated carbocycles. The SMILES string of the molecule is Cc1noc(NC(=O)C(Br)C(C)C)n1. The summed E-state index contributed by atoms with van der Waals surface area (Å²) in [5, 5.41) is 6.08. The number of hydrogen-bond acceptors (Lipinski definition) is 4. The molecule has 0 aromatic carbocycles. The maximum atomic E-state index is 11.5. The number of nitrogens with one attached hydrogen (secondary N) is 1. The van der Waals surface area contributed by atoms with Crippen LogP contribution in [0.25, 0.3) is 0 Å². The van der Waals surface area contributed by atoms with Gasteiger partial charge in [0.2, 0.25) is 5.91 Å². The highest BCUT2D eigenvalue weighted by atomic mass is 79.9. The monoisotopic (exact) mass is 261 g/mol. The van der Waals surface area contributed by atoms with Crippen molar-refractivity contribution in [3.8, 4) is 0 Å². The molecule has 0 fully saturated rings. The molecule has 0 bridgehead atoms. The van der Waals surface area contributed by atoms with Crippen molar-refractivity contribution in [2.75, 3.05) is 5.32 Å². The lowest BCUT2D eigenvalue weighted by Gasteiger charge is -2.10. The Labute approximate surface area is 90.4 Å².